The van der Waals surface area contributed by atoms with E-state index in [0.29, 0.717) is 18.7 Å². The van der Waals surface area contributed by atoms with Crippen molar-refractivity contribution in [3.8, 4) is 0 Å². The fraction of sp³-hybridized carbons (Fsp3) is 0.409. The molecule has 11 heteroatoms. The number of hydrogen-bond donors (Lipinski definition) is 2. The molecule has 1 atom stereocenters. The first-order chi connectivity index (χ1) is 15.5. The van der Waals surface area contributed by atoms with E-state index in [-0.39, 0.29) is 10.6 Å². The molecule has 2 N–H and O–H groups in total. The smallest absolute Gasteiger partial charge is 0.244 e. The number of hydrogen-bond acceptors (Lipinski definition) is 5. The van der Waals surface area contributed by atoms with Crippen LogP contribution in [0.3, 0.4) is 0 Å². The molecule has 8 nitrogen and oxygen atoms in total. The second-order valence-electron chi connectivity index (χ2n) is 8.06. The fourth-order valence-corrected chi connectivity index (χ4v) is 6.69. The molecule has 2 aromatic carbocycles. The van der Waals surface area contributed by atoms with Crippen molar-refractivity contribution < 1.29 is 26.0 Å². The summed E-state index contributed by atoms with van der Waals surface area (Å²) in [6.07, 6.45) is 3.58. The van der Waals surface area contributed by atoms with E-state index in [2.05, 4.69) is 10.0 Å². The number of benzene rings is 2. The second kappa shape index (κ2) is 10.3. The second-order valence-corrected chi connectivity index (χ2v) is 11.6. The van der Waals surface area contributed by atoms with Crippen molar-refractivity contribution >= 4 is 31.6 Å². The summed E-state index contributed by atoms with van der Waals surface area (Å²) in [5.41, 5.74) is 0.765. The standard InChI is InChI=1S/C22H28FN3O5S2/c1-16-11-12-18(15-21(16)33(30,31)26-13-7-3-4-8-14-26)24-22(27)17(2)25-32(28,29)20-10-6-5-9-19(20)23/h5-6,9-12,15,17,25H,3-4,7-8,13-14H2,1-2H3,(H,24,27)/t17-/m0/s1. The monoisotopic (exact) mass is 497 g/mol. The van der Waals surface area contributed by atoms with Gasteiger partial charge in [-0.25, -0.2) is 21.2 Å². The number of aryl methyl sites for hydroxylation is 1. The SMILES string of the molecule is Cc1ccc(NC(=O)[C@H](C)NS(=O)(=O)c2ccccc2F)cc1S(=O)(=O)N1CCCCCC1. The third kappa shape index (κ3) is 5.97. The van der Waals surface area contributed by atoms with E-state index in [1.54, 1.807) is 19.1 Å². The molecule has 1 saturated heterocycles. The summed E-state index contributed by atoms with van der Waals surface area (Å²) in [7, 11) is -8.01. The Morgan fingerprint density at radius 3 is 2.24 bits per heavy atom. The summed E-state index contributed by atoms with van der Waals surface area (Å²) < 4.78 is 68.8. The Labute approximate surface area is 194 Å². The molecular formula is C22H28FN3O5S2. The Kier molecular flexibility index (Phi) is 7.88. The third-order valence-electron chi connectivity index (χ3n) is 5.49. The van der Waals surface area contributed by atoms with Crippen LogP contribution in [-0.2, 0) is 24.8 Å². The highest BCUT2D eigenvalue weighted by atomic mass is 32.2. The van der Waals surface area contributed by atoms with Crippen LogP contribution in [0, 0.1) is 12.7 Å². The minimum Gasteiger partial charge on any atom is -0.325 e. The van der Waals surface area contributed by atoms with Crippen LogP contribution < -0.4 is 10.0 Å². The van der Waals surface area contributed by atoms with Gasteiger partial charge in [-0.15, -0.1) is 0 Å². The number of carbonyl (C=O) groups excluding carboxylic acids is 1. The summed E-state index contributed by atoms with van der Waals surface area (Å²) in [5, 5.41) is 2.54. The first kappa shape index (κ1) is 25.3. The fourth-order valence-electron chi connectivity index (χ4n) is 3.64. The van der Waals surface area contributed by atoms with Crippen LogP contribution in [-0.4, -0.2) is 46.2 Å². The van der Waals surface area contributed by atoms with E-state index in [4.69, 9.17) is 0 Å². The third-order valence-corrected chi connectivity index (χ3v) is 9.10. The van der Waals surface area contributed by atoms with Crippen molar-refractivity contribution in [1.29, 1.82) is 0 Å². The number of sulfonamides is 2. The summed E-state index contributed by atoms with van der Waals surface area (Å²) in [5.74, 6) is -1.64. The molecule has 2 aromatic rings. The summed E-state index contributed by atoms with van der Waals surface area (Å²) >= 11 is 0. The highest BCUT2D eigenvalue weighted by Crippen LogP contribution is 2.26. The summed E-state index contributed by atoms with van der Waals surface area (Å²) in [4.78, 5) is 12.1. The maximum Gasteiger partial charge on any atom is 0.244 e. The average molecular weight is 498 g/mol. The normalized spacial score (nSPS) is 16.7. The molecule has 1 aliphatic rings. The largest absolute Gasteiger partial charge is 0.325 e. The molecule has 0 saturated carbocycles. The van der Waals surface area contributed by atoms with Crippen molar-refractivity contribution in [2.75, 3.05) is 18.4 Å². The van der Waals surface area contributed by atoms with Crippen LogP contribution in [0.15, 0.2) is 52.3 Å². The predicted octanol–water partition coefficient (Wildman–Crippen LogP) is 3.00. The van der Waals surface area contributed by atoms with Gasteiger partial charge in [0, 0.05) is 18.8 Å². The molecule has 0 unspecified atom stereocenters. The van der Waals surface area contributed by atoms with Gasteiger partial charge in [-0.1, -0.05) is 31.0 Å². The van der Waals surface area contributed by atoms with Crippen molar-refractivity contribution in [2.24, 2.45) is 0 Å². The first-order valence-corrected chi connectivity index (χ1v) is 13.6. The predicted molar refractivity (Wildman–Crippen MR) is 123 cm³/mol. The van der Waals surface area contributed by atoms with Gasteiger partial charge in [-0.2, -0.15) is 9.03 Å². The van der Waals surface area contributed by atoms with E-state index < -0.39 is 42.7 Å². The van der Waals surface area contributed by atoms with Crippen LogP contribution in [0.5, 0.6) is 0 Å². The van der Waals surface area contributed by atoms with Crippen LogP contribution in [0.2, 0.25) is 0 Å². The zero-order valence-electron chi connectivity index (χ0n) is 18.5. The number of nitrogens with one attached hydrogen (secondary N) is 2. The van der Waals surface area contributed by atoms with Crippen LogP contribution in [0.1, 0.15) is 38.2 Å². The molecular weight excluding hydrogens is 469 g/mol. The van der Waals surface area contributed by atoms with Crippen molar-refractivity contribution in [3.05, 3.63) is 53.8 Å². The van der Waals surface area contributed by atoms with Gasteiger partial charge in [-0.05, 0) is 56.5 Å². The first-order valence-electron chi connectivity index (χ1n) is 10.7. The molecule has 180 valence electrons. The van der Waals surface area contributed by atoms with E-state index in [1.165, 1.54) is 29.4 Å². The van der Waals surface area contributed by atoms with Gasteiger partial charge >= 0.3 is 0 Å². The zero-order valence-corrected chi connectivity index (χ0v) is 20.2. The molecule has 1 heterocycles. The Bertz CT molecular complexity index is 1220. The van der Waals surface area contributed by atoms with Gasteiger partial charge in [0.25, 0.3) is 0 Å². The molecule has 0 radical (unpaired) electrons. The molecule has 33 heavy (non-hydrogen) atoms. The highest BCUT2D eigenvalue weighted by Gasteiger charge is 2.28. The number of anilines is 1. The van der Waals surface area contributed by atoms with Gasteiger partial charge in [0.1, 0.15) is 10.7 Å². The van der Waals surface area contributed by atoms with Gasteiger partial charge in [0.15, 0.2) is 0 Å². The lowest BCUT2D eigenvalue weighted by atomic mass is 10.2. The molecule has 0 aromatic heterocycles. The molecule has 1 fully saturated rings. The number of rotatable bonds is 7. The lowest BCUT2D eigenvalue weighted by molar-refractivity contribution is -0.117. The molecule has 3 rings (SSSR count). The maximum atomic E-state index is 13.9. The summed E-state index contributed by atoms with van der Waals surface area (Å²) in [6.45, 7) is 3.90. The quantitative estimate of drug-likeness (QED) is 0.611. The van der Waals surface area contributed by atoms with Crippen LogP contribution in [0.25, 0.3) is 0 Å². The molecule has 0 spiro atoms. The van der Waals surface area contributed by atoms with E-state index in [0.717, 1.165) is 37.8 Å². The van der Waals surface area contributed by atoms with Crippen molar-refractivity contribution in [1.82, 2.24) is 9.03 Å². The Balaban J connectivity index is 1.77. The number of halogens is 1. The van der Waals surface area contributed by atoms with E-state index >= 15 is 0 Å². The van der Waals surface area contributed by atoms with Crippen LogP contribution >= 0.6 is 0 Å². The average Bonchev–Trinajstić information content (AvgIpc) is 3.05. The van der Waals surface area contributed by atoms with Crippen molar-refractivity contribution in [3.63, 3.8) is 0 Å². The Morgan fingerprint density at radius 1 is 0.970 bits per heavy atom. The molecule has 0 aliphatic carbocycles. The lowest BCUT2D eigenvalue weighted by Crippen LogP contribution is -2.41. The van der Waals surface area contributed by atoms with E-state index in [9.17, 15) is 26.0 Å². The molecule has 0 bridgehead atoms. The van der Waals surface area contributed by atoms with Crippen molar-refractivity contribution in [2.45, 2.75) is 55.4 Å². The highest BCUT2D eigenvalue weighted by molar-refractivity contribution is 7.89. The minimum absolute atomic E-state index is 0.0989. The minimum atomic E-state index is -4.27. The number of carbonyl (C=O) groups is 1. The van der Waals surface area contributed by atoms with Crippen LogP contribution in [0.4, 0.5) is 10.1 Å². The zero-order chi connectivity index (χ0) is 24.2. The van der Waals surface area contributed by atoms with Gasteiger partial charge in [-0.3, -0.25) is 4.79 Å². The lowest BCUT2D eigenvalue weighted by Gasteiger charge is -2.22. The molecule has 1 aliphatic heterocycles. The summed E-state index contributed by atoms with van der Waals surface area (Å²) in [6, 6.07) is 8.13. The number of nitrogens with zero attached hydrogens (tertiary/aromatic N) is 1. The maximum absolute atomic E-state index is 13.9. The van der Waals surface area contributed by atoms with E-state index in [1.807, 2.05) is 0 Å². The van der Waals surface area contributed by atoms with Gasteiger partial charge < -0.3 is 5.32 Å². The Morgan fingerprint density at radius 2 is 1.61 bits per heavy atom. The number of amides is 1. The Hall–Kier alpha value is -2.34. The van der Waals surface area contributed by atoms with Gasteiger partial charge in [0.05, 0.1) is 10.9 Å². The van der Waals surface area contributed by atoms with Gasteiger partial charge in [0.2, 0.25) is 26.0 Å². The molecule has 1 amide bonds. The topological polar surface area (TPSA) is 113 Å².